The normalized spacial score (nSPS) is 13.6. The summed E-state index contributed by atoms with van der Waals surface area (Å²) in [5.41, 5.74) is 3.71. The second kappa shape index (κ2) is 7.18. The molecule has 1 aromatic heterocycles. The molecule has 1 aliphatic carbocycles. The summed E-state index contributed by atoms with van der Waals surface area (Å²) in [5.74, 6) is -0.685. The van der Waals surface area contributed by atoms with Gasteiger partial charge in [-0.15, -0.1) is 11.3 Å². The number of thiophene rings is 1. The van der Waals surface area contributed by atoms with Crippen LogP contribution in [0.15, 0.2) is 30.3 Å². The second-order valence-corrected chi connectivity index (χ2v) is 7.13. The van der Waals surface area contributed by atoms with Gasteiger partial charge in [0.05, 0.1) is 0 Å². The van der Waals surface area contributed by atoms with Crippen LogP contribution in [0.2, 0.25) is 0 Å². The maximum atomic E-state index is 12.2. The molecule has 1 unspecified atom stereocenters. The van der Waals surface area contributed by atoms with Crippen LogP contribution in [0.25, 0.3) is 10.4 Å². The molecule has 1 heterocycles. The SMILES string of the molecule is CCC(C)NC(=O)COC(=O)c1cc2c(s1)-c1ccccc1CC2. The van der Waals surface area contributed by atoms with E-state index in [1.54, 1.807) is 0 Å². The minimum absolute atomic E-state index is 0.0850. The number of carbonyl (C=O) groups excluding carboxylic acids is 2. The fourth-order valence-electron chi connectivity index (χ4n) is 2.79. The molecule has 0 saturated heterocycles. The average Bonchev–Trinajstić information content (AvgIpc) is 3.04. The van der Waals surface area contributed by atoms with Crippen LogP contribution in [0.4, 0.5) is 0 Å². The van der Waals surface area contributed by atoms with Crippen molar-refractivity contribution in [2.45, 2.75) is 39.2 Å². The van der Waals surface area contributed by atoms with E-state index in [0.717, 1.165) is 24.1 Å². The van der Waals surface area contributed by atoms with Crippen LogP contribution in [-0.4, -0.2) is 24.5 Å². The summed E-state index contributed by atoms with van der Waals surface area (Å²) in [6, 6.07) is 10.3. The van der Waals surface area contributed by atoms with Gasteiger partial charge in [-0.2, -0.15) is 0 Å². The molecule has 126 valence electrons. The highest BCUT2D eigenvalue weighted by Gasteiger charge is 2.22. The van der Waals surface area contributed by atoms with E-state index < -0.39 is 5.97 Å². The van der Waals surface area contributed by atoms with E-state index in [4.69, 9.17) is 4.74 Å². The molecule has 3 rings (SSSR count). The van der Waals surface area contributed by atoms with Crippen molar-refractivity contribution in [1.29, 1.82) is 0 Å². The topological polar surface area (TPSA) is 55.4 Å². The Kier molecular flexibility index (Phi) is 5.00. The molecule has 0 saturated carbocycles. The zero-order chi connectivity index (χ0) is 17.1. The lowest BCUT2D eigenvalue weighted by Gasteiger charge is -2.15. The van der Waals surface area contributed by atoms with Gasteiger partial charge in [0, 0.05) is 10.9 Å². The van der Waals surface area contributed by atoms with Crippen molar-refractivity contribution < 1.29 is 14.3 Å². The first-order valence-corrected chi connectivity index (χ1v) is 9.07. The van der Waals surface area contributed by atoms with E-state index in [0.29, 0.717) is 4.88 Å². The van der Waals surface area contributed by atoms with Crippen molar-refractivity contribution in [3.8, 4) is 10.4 Å². The lowest BCUT2D eigenvalue weighted by Crippen LogP contribution is -2.35. The van der Waals surface area contributed by atoms with E-state index in [9.17, 15) is 9.59 Å². The molecule has 0 aliphatic heterocycles. The first kappa shape index (κ1) is 16.7. The number of rotatable bonds is 5. The summed E-state index contributed by atoms with van der Waals surface area (Å²) in [6.45, 7) is 3.68. The second-order valence-electron chi connectivity index (χ2n) is 6.08. The highest BCUT2D eigenvalue weighted by atomic mass is 32.1. The molecule has 1 N–H and O–H groups in total. The quantitative estimate of drug-likeness (QED) is 0.844. The minimum atomic E-state index is -0.425. The standard InChI is InChI=1S/C19H21NO3S/c1-3-12(2)20-17(21)11-23-19(22)16-10-14-9-8-13-6-4-5-7-15(13)18(14)24-16/h4-7,10,12H,3,8-9,11H2,1-2H3,(H,20,21). The highest BCUT2D eigenvalue weighted by Crippen LogP contribution is 2.39. The fourth-order valence-corrected chi connectivity index (χ4v) is 3.96. The van der Waals surface area contributed by atoms with Crippen LogP contribution in [0, 0.1) is 0 Å². The molecule has 2 aromatic rings. The molecule has 0 bridgehead atoms. The van der Waals surface area contributed by atoms with Gasteiger partial charge in [-0.05, 0) is 48.9 Å². The van der Waals surface area contributed by atoms with Crippen molar-refractivity contribution in [2.24, 2.45) is 0 Å². The lowest BCUT2D eigenvalue weighted by molar-refractivity contribution is -0.124. The first-order chi connectivity index (χ1) is 11.6. The van der Waals surface area contributed by atoms with Crippen molar-refractivity contribution in [1.82, 2.24) is 5.32 Å². The molecular weight excluding hydrogens is 322 g/mol. The Labute approximate surface area is 145 Å². The molecule has 4 nitrogen and oxygen atoms in total. The van der Waals surface area contributed by atoms with Gasteiger partial charge in [-0.1, -0.05) is 31.2 Å². The van der Waals surface area contributed by atoms with Crippen LogP contribution in [-0.2, 0) is 22.4 Å². The summed E-state index contributed by atoms with van der Waals surface area (Å²) >= 11 is 1.45. The Morgan fingerprint density at radius 2 is 2.00 bits per heavy atom. The van der Waals surface area contributed by atoms with E-state index in [1.165, 1.54) is 28.0 Å². The lowest BCUT2D eigenvalue weighted by atomic mass is 9.91. The summed E-state index contributed by atoms with van der Waals surface area (Å²) in [4.78, 5) is 25.7. The van der Waals surface area contributed by atoms with E-state index >= 15 is 0 Å². The third-order valence-electron chi connectivity index (χ3n) is 4.29. The molecule has 1 aliphatic rings. The van der Waals surface area contributed by atoms with Crippen LogP contribution < -0.4 is 5.32 Å². The Hall–Kier alpha value is -2.14. The monoisotopic (exact) mass is 343 g/mol. The van der Waals surface area contributed by atoms with Crippen LogP contribution in [0.1, 0.15) is 41.1 Å². The Balaban J connectivity index is 1.68. The van der Waals surface area contributed by atoms with E-state index in [-0.39, 0.29) is 18.6 Å². The maximum absolute atomic E-state index is 12.2. The molecule has 0 radical (unpaired) electrons. The molecule has 5 heteroatoms. The van der Waals surface area contributed by atoms with E-state index in [2.05, 4.69) is 17.4 Å². The molecule has 24 heavy (non-hydrogen) atoms. The average molecular weight is 343 g/mol. The number of carbonyl (C=O) groups is 2. The molecule has 1 amide bonds. The highest BCUT2D eigenvalue weighted by molar-refractivity contribution is 7.17. The van der Waals surface area contributed by atoms with Gasteiger partial charge in [0.25, 0.3) is 5.91 Å². The Bertz CT molecular complexity index is 766. The van der Waals surface area contributed by atoms with Crippen molar-refractivity contribution >= 4 is 23.2 Å². The molecular formula is C19H21NO3S. The van der Waals surface area contributed by atoms with Gasteiger partial charge in [-0.3, -0.25) is 4.79 Å². The predicted octanol–water partition coefficient (Wildman–Crippen LogP) is 3.59. The Morgan fingerprint density at radius 1 is 1.25 bits per heavy atom. The summed E-state index contributed by atoms with van der Waals surface area (Å²) in [5, 5.41) is 2.79. The first-order valence-electron chi connectivity index (χ1n) is 8.26. The molecule has 0 spiro atoms. The third-order valence-corrected chi connectivity index (χ3v) is 5.48. The van der Waals surface area contributed by atoms with E-state index in [1.807, 2.05) is 32.0 Å². The van der Waals surface area contributed by atoms with Crippen molar-refractivity contribution in [3.05, 3.63) is 46.3 Å². The zero-order valence-corrected chi connectivity index (χ0v) is 14.7. The van der Waals surface area contributed by atoms with Crippen LogP contribution in [0.3, 0.4) is 0 Å². The van der Waals surface area contributed by atoms with Gasteiger partial charge >= 0.3 is 5.97 Å². The predicted molar refractivity (Wildman–Crippen MR) is 95.3 cm³/mol. The zero-order valence-electron chi connectivity index (χ0n) is 13.9. The Morgan fingerprint density at radius 3 is 2.79 bits per heavy atom. The van der Waals surface area contributed by atoms with Gasteiger partial charge < -0.3 is 10.1 Å². The van der Waals surface area contributed by atoms with Crippen LogP contribution in [0.5, 0.6) is 0 Å². The van der Waals surface area contributed by atoms with Crippen molar-refractivity contribution in [3.63, 3.8) is 0 Å². The number of ether oxygens (including phenoxy) is 1. The number of amides is 1. The van der Waals surface area contributed by atoms with Gasteiger partial charge in [-0.25, -0.2) is 4.79 Å². The maximum Gasteiger partial charge on any atom is 0.348 e. The molecule has 1 atom stereocenters. The summed E-state index contributed by atoms with van der Waals surface area (Å²) in [6.07, 6.45) is 2.77. The van der Waals surface area contributed by atoms with Crippen molar-refractivity contribution in [2.75, 3.05) is 6.61 Å². The van der Waals surface area contributed by atoms with Gasteiger partial charge in [0.1, 0.15) is 4.88 Å². The van der Waals surface area contributed by atoms with Gasteiger partial charge in [0.15, 0.2) is 6.61 Å². The largest absolute Gasteiger partial charge is 0.451 e. The number of nitrogens with one attached hydrogen (secondary N) is 1. The summed E-state index contributed by atoms with van der Waals surface area (Å²) in [7, 11) is 0. The number of benzene rings is 1. The number of hydrogen-bond acceptors (Lipinski definition) is 4. The smallest absolute Gasteiger partial charge is 0.348 e. The number of esters is 1. The minimum Gasteiger partial charge on any atom is -0.451 e. The van der Waals surface area contributed by atoms with Gasteiger partial charge in [0.2, 0.25) is 0 Å². The fraction of sp³-hybridized carbons (Fsp3) is 0.368. The summed E-state index contributed by atoms with van der Waals surface area (Å²) < 4.78 is 5.16. The molecule has 0 fully saturated rings. The number of hydrogen-bond donors (Lipinski definition) is 1. The van der Waals surface area contributed by atoms with Crippen LogP contribution >= 0.6 is 11.3 Å². The third kappa shape index (κ3) is 3.51. The number of aryl methyl sites for hydroxylation is 2. The number of fused-ring (bicyclic) bond motifs is 3. The molecule has 1 aromatic carbocycles.